The van der Waals surface area contributed by atoms with Crippen LogP contribution in [0.2, 0.25) is 0 Å². The highest BCUT2D eigenvalue weighted by molar-refractivity contribution is 5.76. The van der Waals surface area contributed by atoms with E-state index in [1.165, 1.54) is 18.4 Å². The van der Waals surface area contributed by atoms with Crippen LogP contribution in [0.5, 0.6) is 0 Å². The van der Waals surface area contributed by atoms with Crippen molar-refractivity contribution in [1.82, 2.24) is 15.2 Å². The summed E-state index contributed by atoms with van der Waals surface area (Å²) in [5.41, 5.74) is 1.29. The van der Waals surface area contributed by atoms with Crippen LogP contribution in [0.3, 0.4) is 0 Å². The monoisotopic (exact) mass is 249 g/mol. The molecule has 1 saturated carbocycles. The maximum absolute atomic E-state index is 11.7. The predicted molar refractivity (Wildman–Crippen MR) is 72.2 cm³/mol. The highest BCUT2D eigenvalue weighted by Gasteiger charge is 2.31. The number of carbonyl (C=O) groups is 1. The van der Waals surface area contributed by atoms with Crippen molar-refractivity contribution in [1.29, 1.82) is 0 Å². The molecule has 1 atom stereocenters. The Morgan fingerprint density at radius 2 is 2.22 bits per heavy atom. The van der Waals surface area contributed by atoms with Gasteiger partial charge in [-0.3, -0.25) is 4.79 Å². The molecule has 0 bridgehead atoms. The number of hydrogen-bond acceptors (Lipinski definition) is 2. The van der Waals surface area contributed by atoms with Gasteiger partial charge < -0.3 is 15.2 Å². The first kappa shape index (κ1) is 13.1. The number of aromatic nitrogens is 1. The Labute approximate surface area is 109 Å². The summed E-state index contributed by atoms with van der Waals surface area (Å²) in [4.78, 5) is 11.7. The SMILES string of the molecule is CNC(c1ccn(CC(=O)NC(C)C)c1)C1CC1. The van der Waals surface area contributed by atoms with Crippen LogP contribution in [0.1, 0.15) is 38.3 Å². The molecule has 1 fully saturated rings. The van der Waals surface area contributed by atoms with Crippen molar-refractivity contribution >= 4 is 5.91 Å². The first-order valence-electron chi connectivity index (χ1n) is 6.72. The lowest BCUT2D eigenvalue weighted by atomic mass is 10.1. The highest BCUT2D eigenvalue weighted by Crippen LogP contribution is 2.40. The quantitative estimate of drug-likeness (QED) is 0.806. The van der Waals surface area contributed by atoms with Gasteiger partial charge >= 0.3 is 0 Å². The van der Waals surface area contributed by atoms with E-state index in [4.69, 9.17) is 0 Å². The summed E-state index contributed by atoms with van der Waals surface area (Å²) in [6.07, 6.45) is 6.69. The molecule has 18 heavy (non-hydrogen) atoms. The molecule has 4 heteroatoms. The minimum Gasteiger partial charge on any atom is -0.352 e. The van der Waals surface area contributed by atoms with Crippen molar-refractivity contribution in [2.45, 2.75) is 45.3 Å². The van der Waals surface area contributed by atoms with Crippen LogP contribution in [0, 0.1) is 5.92 Å². The van der Waals surface area contributed by atoms with Gasteiger partial charge in [0.1, 0.15) is 6.54 Å². The van der Waals surface area contributed by atoms with Gasteiger partial charge in [-0.25, -0.2) is 0 Å². The number of amides is 1. The van der Waals surface area contributed by atoms with Crippen LogP contribution in [-0.4, -0.2) is 23.6 Å². The third-order valence-corrected chi connectivity index (χ3v) is 3.31. The molecule has 1 aliphatic rings. The standard InChI is InChI=1S/C14H23N3O/c1-10(2)16-13(18)9-17-7-6-12(8-17)14(15-3)11-4-5-11/h6-8,10-11,14-15H,4-5,9H2,1-3H3,(H,16,18). The molecule has 0 radical (unpaired) electrons. The minimum absolute atomic E-state index is 0.0691. The molecule has 1 unspecified atom stereocenters. The lowest BCUT2D eigenvalue weighted by molar-refractivity contribution is -0.122. The number of carbonyl (C=O) groups excluding carboxylic acids is 1. The molecule has 1 aromatic heterocycles. The van der Waals surface area contributed by atoms with E-state index in [-0.39, 0.29) is 11.9 Å². The van der Waals surface area contributed by atoms with Gasteiger partial charge in [-0.05, 0) is 51.3 Å². The molecule has 4 nitrogen and oxygen atoms in total. The lowest BCUT2D eigenvalue weighted by Crippen LogP contribution is -2.32. The molecule has 0 aromatic carbocycles. The van der Waals surface area contributed by atoms with E-state index >= 15 is 0 Å². The van der Waals surface area contributed by atoms with Gasteiger partial charge in [0.15, 0.2) is 0 Å². The summed E-state index contributed by atoms with van der Waals surface area (Å²) < 4.78 is 1.96. The second-order valence-corrected chi connectivity index (χ2v) is 5.44. The molecular formula is C14H23N3O. The van der Waals surface area contributed by atoms with Crippen molar-refractivity contribution in [3.8, 4) is 0 Å². The van der Waals surface area contributed by atoms with Crippen molar-refractivity contribution in [2.24, 2.45) is 5.92 Å². The zero-order valence-electron chi connectivity index (χ0n) is 11.4. The third kappa shape index (κ3) is 3.35. The fraction of sp³-hybridized carbons (Fsp3) is 0.643. The molecule has 0 aliphatic heterocycles. The average molecular weight is 249 g/mol. The molecule has 1 heterocycles. The van der Waals surface area contributed by atoms with E-state index in [9.17, 15) is 4.79 Å². The van der Waals surface area contributed by atoms with Gasteiger partial charge in [-0.15, -0.1) is 0 Å². The van der Waals surface area contributed by atoms with Crippen molar-refractivity contribution in [2.75, 3.05) is 7.05 Å². The van der Waals surface area contributed by atoms with Crippen molar-refractivity contribution in [3.05, 3.63) is 24.0 Å². The largest absolute Gasteiger partial charge is 0.352 e. The second kappa shape index (κ2) is 5.57. The van der Waals surface area contributed by atoms with Crippen molar-refractivity contribution < 1.29 is 4.79 Å². The van der Waals surface area contributed by atoms with Gasteiger partial charge in [-0.1, -0.05) is 0 Å². The van der Waals surface area contributed by atoms with E-state index < -0.39 is 0 Å². The Hall–Kier alpha value is -1.29. The summed E-state index contributed by atoms with van der Waals surface area (Å²) in [5.74, 6) is 0.843. The molecule has 0 spiro atoms. The highest BCUT2D eigenvalue weighted by atomic mass is 16.2. The van der Waals surface area contributed by atoms with Gasteiger partial charge in [0.25, 0.3) is 0 Å². The number of hydrogen-bond donors (Lipinski definition) is 2. The fourth-order valence-corrected chi connectivity index (χ4v) is 2.38. The molecular weight excluding hydrogens is 226 g/mol. The Morgan fingerprint density at radius 1 is 1.50 bits per heavy atom. The van der Waals surface area contributed by atoms with E-state index in [1.807, 2.05) is 31.7 Å². The molecule has 2 rings (SSSR count). The Morgan fingerprint density at radius 3 is 2.78 bits per heavy atom. The molecule has 2 N–H and O–H groups in total. The molecule has 1 aliphatic carbocycles. The van der Waals surface area contributed by atoms with Crippen LogP contribution in [0.15, 0.2) is 18.5 Å². The first-order valence-corrected chi connectivity index (χ1v) is 6.72. The maximum atomic E-state index is 11.7. The Kier molecular flexibility index (Phi) is 4.07. The van der Waals surface area contributed by atoms with Gasteiger partial charge in [0, 0.05) is 24.5 Å². The summed E-state index contributed by atoms with van der Waals surface area (Å²) >= 11 is 0. The van der Waals surface area contributed by atoms with Crippen LogP contribution < -0.4 is 10.6 Å². The second-order valence-electron chi connectivity index (χ2n) is 5.44. The van der Waals surface area contributed by atoms with E-state index in [0.717, 1.165) is 5.92 Å². The van der Waals surface area contributed by atoms with Gasteiger partial charge in [-0.2, -0.15) is 0 Å². The maximum Gasteiger partial charge on any atom is 0.240 e. The summed E-state index contributed by atoms with van der Waals surface area (Å²) in [6.45, 7) is 4.35. The van der Waals surface area contributed by atoms with E-state index in [1.54, 1.807) is 0 Å². The van der Waals surface area contributed by atoms with E-state index in [0.29, 0.717) is 12.6 Å². The van der Waals surface area contributed by atoms with Crippen molar-refractivity contribution in [3.63, 3.8) is 0 Å². The van der Waals surface area contributed by atoms with Crippen LogP contribution >= 0.6 is 0 Å². The van der Waals surface area contributed by atoms with E-state index in [2.05, 4.69) is 22.9 Å². The zero-order chi connectivity index (χ0) is 13.1. The van der Waals surface area contributed by atoms with Crippen LogP contribution in [-0.2, 0) is 11.3 Å². The Bertz CT molecular complexity index is 407. The fourth-order valence-electron chi connectivity index (χ4n) is 2.38. The third-order valence-electron chi connectivity index (χ3n) is 3.31. The number of rotatable bonds is 6. The minimum atomic E-state index is 0.0691. The molecule has 0 saturated heterocycles. The predicted octanol–water partition coefficient (Wildman–Crippen LogP) is 1.68. The summed E-state index contributed by atoms with van der Waals surface area (Å²) in [6, 6.07) is 2.76. The summed E-state index contributed by atoms with van der Waals surface area (Å²) in [7, 11) is 2.01. The zero-order valence-corrected chi connectivity index (χ0v) is 11.4. The molecule has 1 amide bonds. The average Bonchev–Trinajstić information content (AvgIpc) is 3.00. The number of nitrogens with zero attached hydrogens (tertiary/aromatic N) is 1. The smallest absolute Gasteiger partial charge is 0.240 e. The Balaban J connectivity index is 1.95. The van der Waals surface area contributed by atoms with Gasteiger partial charge in [0.2, 0.25) is 5.91 Å². The topological polar surface area (TPSA) is 46.1 Å². The molecule has 1 aromatic rings. The summed E-state index contributed by atoms with van der Waals surface area (Å²) in [5, 5.41) is 6.27. The number of nitrogens with one attached hydrogen (secondary N) is 2. The molecule has 100 valence electrons. The van der Waals surface area contributed by atoms with Crippen LogP contribution in [0.4, 0.5) is 0 Å². The first-order chi connectivity index (χ1) is 8.60. The normalized spacial score (nSPS) is 16.9. The lowest BCUT2D eigenvalue weighted by Gasteiger charge is -2.13. The van der Waals surface area contributed by atoms with Gasteiger partial charge in [0.05, 0.1) is 0 Å². The van der Waals surface area contributed by atoms with Crippen LogP contribution in [0.25, 0.3) is 0 Å².